The average Bonchev–Trinajstić information content (AvgIpc) is 3.15. The third-order valence-electron chi connectivity index (χ3n) is 4.95. The van der Waals surface area contributed by atoms with Crippen LogP contribution >= 0.6 is 7.82 Å². The van der Waals surface area contributed by atoms with Crippen LogP contribution in [0.1, 0.15) is 15.9 Å². The molecule has 0 radical (unpaired) electrons. The quantitative estimate of drug-likeness (QED) is 0.153. The number of aromatic nitrogens is 1. The SMILES string of the molecule is COc1ccc(C(=O)c2ccccc2-n2cc(OP(=O)([O-])[O-])c3ccccc32)c(OC)c1.[Na+].[Na+]. The second-order valence-electron chi connectivity index (χ2n) is 6.83. The van der Waals surface area contributed by atoms with Gasteiger partial charge in [0.1, 0.15) is 25.1 Å². The Morgan fingerprint density at radius 2 is 1.53 bits per heavy atom. The van der Waals surface area contributed by atoms with Crippen molar-refractivity contribution >= 4 is 24.5 Å². The summed E-state index contributed by atoms with van der Waals surface area (Å²) in [7, 11) is -2.29. The van der Waals surface area contributed by atoms with E-state index in [4.69, 9.17) is 9.47 Å². The van der Waals surface area contributed by atoms with Crippen molar-refractivity contribution in [3.05, 3.63) is 84.1 Å². The van der Waals surface area contributed by atoms with Crippen molar-refractivity contribution in [2.45, 2.75) is 0 Å². The van der Waals surface area contributed by atoms with Crippen molar-refractivity contribution in [2.24, 2.45) is 0 Å². The normalized spacial score (nSPS) is 10.7. The Morgan fingerprint density at radius 1 is 0.853 bits per heavy atom. The fourth-order valence-electron chi connectivity index (χ4n) is 3.55. The molecule has 4 aromatic rings. The predicted octanol–water partition coefficient (Wildman–Crippen LogP) is -2.91. The number of hydrogen-bond acceptors (Lipinski definition) is 7. The van der Waals surface area contributed by atoms with Gasteiger partial charge in [-0.2, -0.15) is 0 Å². The van der Waals surface area contributed by atoms with Gasteiger partial charge in [-0.15, -0.1) is 0 Å². The van der Waals surface area contributed by atoms with Crippen LogP contribution in [0.25, 0.3) is 16.6 Å². The molecule has 0 spiro atoms. The van der Waals surface area contributed by atoms with Gasteiger partial charge in [-0.25, -0.2) is 0 Å². The Hall–Kier alpha value is -1.58. The van der Waals surface area contributed by atoms with Gasteiger partial charge >= 0.3 is 59.1 Å². The Balaban J connectivity index is 0.00000204. The van der Waals surface area contributed by atoms with Crippen molar-refractivity contribution in [1.29, 1.82) is 0 Å². The van der Waals surface area contributed by atoms with Gasteiger partial charge in [0, 0.05) is 17.0 Å². The fourth-order valence-corrected chi connectivity index (χ4v) is 3.93. The summed E-state index contributed by atoms with van der Waals surface area (Å²) in [5.41, 5.74) is 1.72. The van der Waals surface area contributed by atoms with Crippen LogP contribution in [0.5, 0.6) is 17.2 Å². The van der Waals surface area contributed by atoms with E-state index in [1.807, 2.05) is 0 Å². The first-order valence-corrected chi connectivity index (χ1v) is 11.0. The monoisotopic (exact) mass is 497 g/mol. The van der Waals surface area contributed by atoms with E-state index in [1.54, 1.807) is 71.3 Å². The van der Waals surface area contributed by atoms with Gasteiger partial charge in [0.2, 0.25) is 0 Å². The largest absolute Gasteiger partial charge is 1.00 e. The molecular weight excluding hydrogens is 479 g/mol. The zero-order valence-corrected chi connectivity index (χ0v) is 24.1. The number of hydrogen-bond donors (Lipinski definition) is 0. The number of benzene rings is 3. The van der Waals surface area contributed by atoms with Gasteiger partial charge in [-0.05, 0) is 36.4 Å². The molecule has 0 unspecified atom stereocenters. The molecule has 11 heteroatoms. The minimum absolute atomic E-state index is 0. The Morgan fingerprint density at radius 3 is 2.21 bits per heavy atom. The van der Waals surface area contributed by atoms with Crippen LogP contribution in [0.2, 0.25) is 0 Å². The zero-order valence-electron chi connectivity index (χ0n) is 19.2. The van der Waals surface area contributed by atoms with Crippen LogP contribution in [0, 0.1) is 0 Å². The Kier molecular flexibility index (Phi) is 10.0. The van der Waals surface area contributed by atoms with Crippen molar-refractivity contribution in [3.63, 3.8) is 0 Å². The number of carbonyl (C=O) groups is 1. The summed E-state index contributed by atoms with van der Waals surface area (Å²) in [5.74, 6) is 0.477. The number of methoxy groups -OCH3 is 2. The number of para-hydroxylation sites is 2. The van der Waals surface area contributed by atoms with Crippen molar-refractivity contribution in [2.75, 3.05) is 14.2 Å². The molecule has 0 aliphatic rings. The molecule has 0 saturated carbocycles. The summed E-state index contributed by atoms with van der Waals surface area (Å²) in [4.78, 5) is 36.0. The van der Waals surface area contributed by atoms with Crippen LogP contribution in [0.3, 0.4) is 0 Å². The molecule has 0 bridgehead atoms. The minimum Gasteiger partial charge on any atom is -0.780 e. The van der Waals surface area contributed by atoms with Gasteiger partial charge in [0.25, 0.3) is 0 Å². The topological polar surface area (TPSA) is 113 Å². The molecule has 0 aliphatic heterocycles. The minimum atomic E-state index is -5.28. The summed E-state index contributed by atoms with van der Waals surface area (Å²) in [5, 5.41) is 0.420. The van der Waals surface area contributed by atoms with Crippen LogP contribution in [0.4, 0.5) is 0 Å². The molecule has 3 aromatic carbocycles. The summed E-state index contributed by atoms with van der Waals surface area (Å²) >= 11 is 0. The van der Waals surface area contributed by atoms with Crippen LogP contribution in [0.15, 0.2) is 72.9 Å². The van der Waals surface area contributed by atoms with Crippen molar-refractivity contribution in [3.8, 4) is 22.9 Å². The van der Waals surface area contributed by atoms with Crippen LogP contribution in [-0.4, -0.2) is 24.6 Å². The van der Waals surface area contributed by atoms with E-state index >= 15 is 0 Å². The average molecular weight is 497 g/mol. The molecule has 4 rings (SSSR count). The van der Waals surface area contributed by atoms with E-state index in [2.05, 4.69) is 4.52 Å². The van der Waals surface area contributed by atoms with E-state index < -0.39 is 7.82 Å². The van der Waals surface area contributed by atoms with E-state index in [1.165, 1.54) is 20.4 Å². The molecule has 8 nitrogen and oxygen atoms in total. The number of nitrogens with zero attached hydrogens (tertiary/aromatic N) is 1. The number of carbonyl (C=O) groups excluding carboxylic acids is 1. The number of fused-ring (bicyclic) bond motifs is 1. The number of ether oxygens (including phenoxy) is 2. The van der Waals surface area contributed by atoms with Gasteiger partial charge in [-0.3, -0.25) is 4.79 Å². The molecule has 0 fully saturated rings. The van der Waals surface area contributed by atoms with E-state index in [-0.39, 0.29) is 70.6 Å². The zero-order chi connectivity index (χ0) is 22.9. The fraction of sp³-hybridized carbons (Fsp3) is 0.0870. The maximum absolute atomic E-state index is 13.5. The van der Waals surface area contributed by atoms with E-state index in [0.717, 1.165) is 0 Å². The standard InChI is InChI=1S/C23H20NO7P.2Na/c1-29-15-11-12-18(21(13-15)30-2)23(25)17-8-4-6-10-20(17)24-14-22(31-32(26,27)28)16-7-3-5-9-19(16)24;;/h3-14H,1-2H3,(H2,26,27,28);;/q;2*+1/p-2. The molecule has 0 amide bonds. The van der Waals surface area contributed by atoms with Gasteiger partial charge < -0.3 is 32.9 Å². The van der Waals surface area contributed by atoms with Crippen molar-refractivity contribution in [1.82, 2.24) is 4.57 Å². The molecular formula is C23H18NNa2O7P. The molecule has 0 saturated heterocycles. The first-order chi connectivity index (χ1) is 15.3. The summed E-state index contributed by atoms with van der Waals surface area (Å²) in [6.07, 6.45) is 1.38. The Labute approximate surface area is 240 Å². The first kappa shape index (κ1) is 28.7. The summed E-state index contributed by atoms with van der Waals surface area (Å²) in [6.45, 7) is 0. The van der Waals surface area contributed by atoms with Gasteiger partial charge in [0.05, 0.1) is 37.2 Å². The van der Waals surface area contributed by atoms with E-state index in [0.29, 0.717) is 39.2 Å². The number of ketones is 1. The Bertz CT molecular complexity index is 1370. The first-order valence-electron chi connectivity index (χ1n) is 9.50. The second-order valence-corrected chi connectivity index (χ2v) is 7.91. The molecule has 1 heterocycles. The van der Waals surface area contributed by atoms with Crippen molar-refractivity contribution < 1.29 is 92.3 Å². The third-order valence-corrected chi connectivity index (χ3v) is 5.37. The molecule has 0 N–H and O–H groups in total. The van der Waals surface area contributed by atoms with Gasteiger partial charge in [0.15, 0.2) is 5.78 Å². The third kappa shape index (κ3) is 5.97. The number of phosphoric acid groups is 1. The maximum Gasteiger partial charge on any atom is 1.00 e. The summed E-state index contributed by atoms with van der Waals surface area (Å²) < 4.78 is 28.1. The van der Waals surface area contributed by atoms with Gasteiger partial charge in [-0.1, -0.05) is 24.3 Å². The second kappa shape index (κ2) is 11.9. The predicted molar refractivity (Wildman–Crippen MR) is 114 cm³/mol. The molecule has 164 valence electrons. The molecule has 0 atom stereocenters. The number of rotatable bonds is 7. The van der Waals surface area contributed by atoms with Crippen LogP contribution < -0.4 is 82.9 Å². The molecule has 1 aromatic heterocycles. The number of phosphoric ester groups is 1. The maximum atomic E-state index is 13.5. The molecule has 0 aliphatic carbocycles. The van der Waals surface area contributed by atoms with E-state index in [9.17, 15) is 19.1 Å². The smallest absolute Gasteiger partial charge is 0.780 e. The summed E-state index contributed by atoms with van der Waals surface area (Å²) in [6, 6.07) is 18.6. The molecule has 34 heavy (non-hydrogen) atoms. The van der Waals surface area contributed by atoms with Crippen LogP contribution in [-0.2, 0) is 4.57 Å².